The number of unbranched alkanes of at least 4 members (excludes halogenated alkanes) is 7. The predicted octanol–water partition coefficient (Wildman–Crippen LogP) is 5.53. The van der Waals surface area contributed by atoms with Crippen molar-refractivity contribution in [1.82, 2.24) is 0 Å². The highest BCUT2D eigenvalue weighted by molar-refractivity contribution is 5.37. The lowest BCUT2D eigenvalue weighted by Gasteiger charge is -2.14. The van der Waals surface area contributed by atoms with Crippen LogP contribution in [0.1, 0.15) is 81.9 Å². The Bertz CT molecular complexity index is 389. The highest BCUT2D eigenvalue weighted by Gasteiger charge is 2.08. The fourth-order valence-electron chi connectivity index (χ4n) is 2.80. The van der Waals surface area contributed by atoms with Gasteiger partial charge in [-0.2, -0.15) is 0 Å². The number of ether oxygens (including phenoxy) is 1. The molecule has 0 aliphatic heterocycles. The van der Waals surface area contributed by atoms with E-state index in [0.717, 1.165) is 12.2 Å². The van der Waals surface area contributed by atoms with Gasteiger partial charge in [-0.3, -0.25) is 0 Å². The minimum Gasteiger partial charge on any atom is -0.496 e. The highest BCUT2D eigenvalue weighted by atomic mass is 16.5. The van der Waals surface area contributed by atoms with Gasteiger partial charge >= 0.3 is 0 Å². The van der Waals surface area contributed by atoms with Gasteiger partial charge in [0.15, 0.2) is 0 Å². The molecule has 0 aliphatic rings. The molecule has 0 spiro atoms. The van der Waals surface area contributed by atoms with Crippen molar-refractivity contribution in [2.75, 3.05) is 7.11 Å². The lowest BCUT2D eigenvalue weighted by atomic mass is 9.98. The zero-order valence-electron chi connectivity index (χ0n) is 14.2. The van der Waals surface area contributed by atoms with E-state index in [2.05, 4.69) is 26.0 Å². The molecular weight excluding hydrogens is 258 g/mol. The van der Waals surface area contributed by atoms with Gasteiger partial charge in [-0.25, -0.2) is 0 Å². The number of methoxy groups -OCH3 is 1. The summed E-state index contributed by atoms with van der Waals surface area (Å²) in [5, 5.41) is 0. The average molecular weight is 291 g/mol. The van der Waals surface area contributed by atoms with Crippen molar-refractivity contribution in [2.45, 2.75) is 77.7 Å². The molecule has 2 N–H and O–H groups in total. The van der Waals surface area contributed by atoms with Crippen LogP contribution in [0.2, 0.25) is 0 Å². The predicted molar refractivity (Wildman–Crippen MR) is 91.9 cm³/mol. The van der Waals surface area contributed by atoms with Crippen LogP contribution in [0, 0.1) is 6.92 Å². The van der Waals surface area contributed by atoms with Gasteiger partial charge in [-0.15, -0.1) is 0 Å². The van der Waals surface area contributed by atoms with Crippen LogP contribution in [0.5, 0.6) is 5.75 Å². The number of hydrogen-bond acceptors (Lipinski definition) is 2. The minimum atomic E-state index is 0.162. The second kappa shape index (κ2) is 10.7. The Hall–Kier alpha value is -1.02. The largest absolute Gasteiger partial charge is 0.496 e. The van der Waals surface area contributed by atoms with E-state index in [1.165, 1.54) is 62.5 Å². The summed E-state index contributed by atoms with van der Waals surface area (Å²) in [6.45, 7) is 4.34. The Kier molecular flexibility index (Phi) is 9.16. The maximum atomic E-state index is 6.30. The number of benzene rings is 1. The van der Waals surface area contributed by atoms with E-state index in [1.54, 1.807) is 7.11 Å². The molecule has 21 heavy (non-hydrogen) atoms. The molecule has 0 bridgehead atoms. The molecule has 0 radical (unpaired) electrons. The van der Waals surface area contributed by atoms with Crippen molar-refractivity contribution < 1.29 is 4.74 Å². The summed E-state index contributed by atoms with van der Waals surface area (Å²) in [5.41, 5.74) is 8.70. The normalized spacial score (nSPS) is 12.4. The van der Waals surface area contributed by atoms with Gasteiger partial charge in [-0.1, -0.05) is 70.4 Å². The first-order chi connectivity index (χ1) is 10.2. The van der Waals surface area contributed by atoms with Crippen LogP contribution in [0.25, 0.3) is 0 Å². The molecule has 0 aromatic heterocycles. The summed E-state index contributed by atoms with van der Waals surface area (Å²) in [6.07, 6.45) is 11.9. The standard InChI is InChI=1S/C19H33NO/c1-4-5-6-7-8-9-10-11-12-18(20)17-13-14-19(21-3)16(2)15-17/h13-15,18H,4-12,20H2,1-3H3. The summed E-state index contributed by atoms with van der Waals surface area (Å²) >= 11 is 0. The summed E-state index contributed by atoms with van der Waals surface area (Å²) in [4.78, 5) is 0. The molecular formula is C19H33NO. The topological polar surface area (TPSA) is 35.2 Å². The maximum Gasteiger partial charge on any atom is 0.121 e. The Labute approximate surface area is 131 Å². The molecule has 2 heteroatoms. The van der Waals surface area contributed by atoms with Crippen LogP contribution >= 0.6 is 0 Å². The molecule has 0 amide bonds. The van der Waals surface area contributed by atoms with Gasteiger partial charge in [0.25, 0.3) is 0 Å². The lowest BCUT2D eigenvalue weighted by molar-refractivity contribution is 0.411. The number of hydrogen-bond donors (Lipinski definition) is 1. The summed E-state index contributed by atoms with van der Waals surface area (Å²) < 4.78 is 5.29. The van der Waals surface area contributed by atoms with E-state index in [1.807, 2.05) is 6.07 Å². The molecule has 1 aromatic carbocycles. The van der Waals surface area contributed by atoms with Gasteiger partial charge in [0, 0.05) is 6.04 Å². The molecule has 2 nitrogen and oxygen atoms in total. The number of aryl methyl sites for hydroxylation is 1. The van der Waals surface area contributed by atoms with E-state index in [-0.39, 0.29) is 6.04 Å². The van der Waals surface area contributed by atoms with Crippen molar-refractivity contribution in [1.29, 1.82) is 0 Å². The van der Waals surface area contributed by atoms with E-state index in [0.29, 0.717) is 0 Å². The van der Waals surface area contributed by atoms with Crippen LogP contribution in [-0.2, 0) is 0 Å². The number of rotatable bonds is 11. The lowest BCUT2D eigenvalue weighted by Crippen LogP contribution is -2.10. The van der Waals surface area contributed by atoms with Crippen molar-refractivity contribution in [3.63, 3.8) is 0 Å². The fraction of sp³-hybridized carbons (Fsp3) is 0.684. The van der Waals surface area contributed by atoms with Crippen molar-refractivity contribution in [2.24, 2.45) is 5.73 Å². The first-order valence-electron chi connectivity index (χ1n) is 8.59. The average Bonchev–Trinajstić information content (AvgIpc) is 2.49. The first kappa shape index (κ1) is 18.0. The van der Waals surface area contributed by atoms with E-state index < -0.39 is 0 Å². The van der Waals surface area contributed by atoms with Crippen LogP contribution in [0.4, 0.5) is 0 Å². The van der Waals surface area contributed by atoms with Crippen LogP contribution in [0.15, 0.2) is 18.2 Å². The van der Waals surface area contributed by atoms with Crippen LogP contribution < -0.4 is 10.5 Å². The molecule has 0 saturated carbocycles. The molecule has 0 heterocycles. The molecule has 0 fully saturated rings. The smallest absolute Gasteiger partial charge is 0.121 e. The quantitative estimate of drug-likeness (QED) is 0.544. The molecule has 1 aromatic rings. The molecule has 1 rings (SSSR count). The Morgan fingerprint density at radius 2 is 1.62 bits per heavy atom. The monoisotopic (exact) mass is 291 g/mol. The molecule has 0 saturated heterocycles. The van der Waals surface area contributed by atoms with Gasteiger partial charge < -0.3 is 10.5 Å². The van der Waals surface area contributed by atoms with Crippen LogP contribution in [-0.4, -0.2) is 7.11 Å². The van der Waals surface area contributed by atoms with E-state index in [4.69, 9.17) is 10.5 Å². The fourth-order valence-corrected chi connectivity index (χ4v) is 2.80. The third-order valence-corrected chi connectivity index (χ3v) is 4.22. The zero-order chi connectivity index (χ0) is 15.5. The third-order valence-electron chi connectivity index (χ3n) is 4.22. The summed E-state index contributed by atoms with van der Waals surface area (Å²) in [5.74, 6) is 0.943. The Morgan fingerprint density at radius 1 is 1.00 bits per heavy atom. The summed E-state index contributed by atoms with van der Waals surface area (Å²) in [7, 11) is 1.71. The SMILES string of the molecule is CCCCCCCCCCC(N)c1ccc(OC)c(C)c1. The third kappa shape index (κ3) is 6.99. The van der Waals surface area contributed by atoms with E-state index in [9.17, 15) is 0 Å². The highest BCUT2D eigenvalue weighted by Crippen LogP contribution is 2.24. The second-order valence-electron chi connectivity index (χ2n) is 6.10. The zero-order valence-corrected chi connectivity index (χ0v) is 14.2. The van der Waals surface area contributed by atoms with Crippen molar-refractivity contribution in [3.8, 4) is 5.75 Å². The summed E-state index contributed by atoms with van der Waals surface area (Å²) in [6, 6.07) is 6.45. The van der Waals surface area contributed by atoms with Crippen molar-refractivity contribution >= 4 is 0 Å². The van der Waals surface area contributed by atoms with Gasteiger partial charge in [0.05, 0.1) is 7.11 Å². The Balaban J connectivity index is 2.19. The van der Waals surface area contributed by atoms with Crippen molar-refractivity contribution in [3.05, 3.63) is 29.3 Å². The Morgan fingerprint density at radius 3 is 2.19 bits per heavy atom. The molecule has 1 unspecified atom stereocenters. The maximum absolute atomic E-state index is 6.30. The van der Waals surface area contributed by atoms with Gasteiger partial charge in [0.2, 0.25) is 0 Å². The molecule has 0 aliphatic carbocycles. The van der Waals surface area contributed by atoms with Gasteiger partial charge in [-0.05, 0) is 30.5 Å². The second-order valence-corrected chi connectivity index (χ2v) is 6.10. The first-order valence-corrected chi connectivity index (χ1v) is 8.59. The van der Waals surface area contributed by atoms with Crippen LogP contribution in [0.3, 0.4) is 0 Å². The minimum absolute atomic E-state index is 0.162. The van der Waals surface area contributed by atoms with Gasteiger partial charge in [0.1, 0.15) is 5.75 Å². The van der Waals surface area contributed by atoms with E-state index >= 15 is 0 Å². The molecule has 1 atom stereocenters. The molecule has 120 valence electrons. The number of nitrogens with two attached hydrogens (primary N) is 1.